The van der Waals surface area contributed by atoms with Crippen molar-refractivity contribution in [3.8, 4) is 24.0 Å². The van der Waals surface area contributed by atoms with Crippen LogP contribution >= 0.6 is 0 Å². The van der Waals surface area contributed by atoms with E-state index >= 15 is 0 Å². The number of ether oxygens (including phenoxy) is 1. The van der Waals surface area contributed by atoms with E-state index in [1.807, 2.05) is 0 Å². The van der Waals surface area contributed by atoms with Gasteiger partial charge in [0.05, 0.1) is 5.69 Å². The quantitative estimate of drug-likeness (QED) is 0.839. The molecule has 0 atom stereocenters. The Morgan fingerprint density at radius 2 is 1.74 bits per heavy atom. The predicted octanol–water partition coefficient (Wildman–Crippen LogP) is 2.52. The highest BCUT2D eigenvalue weighted by Gasteiger charge is 2.12. The van der Waals surface area contributed by atoms with Crippen molar-refractivity contribution < 1.29 is 13.5 Å². The highest BCUT2D eigenvalue weighted by atomic mass is 19.3. The number of halogens is 2. The summed E-state index contributed by atoms with van der Waals surface area (Å²) in [7, 11) is 0. The van der Waals surface area contributed by atoms with Crippen LogP contribution in [0.15, 0.2) is 35.5 Å². The van der Waals surface area contributed by atoms with E-state index in [0.717, 1.165) is 0 Å². The number of nitriles is 3. The van der Waals surface area contributed by atoms with Gasteiger partial charge in [-0.25, -0.2) is 0 Å². The molecule has 0 aliphatic rings. The van der Waals surface area contributed by atoms with Gasteiger partial charge >= 0.3 is 6.61 Å². The Morgan fingerprint density at radius 1 is 1.11 bits per heavy atom. The second kappa shape index (κ2) is 6.58. The number of nitrogens with one attached hydrogen (secondary N) is 1. The molecule has 0 heterocycles. The molecule has 1 aromatic carbocycles. The third-order valence-corrected chi connectivity index (χ3v) is 1.95. The third-order valence-electron chi connectivity index (χ3n) is 1.95. The summed E-state index contributed by atoms with van der Waals surface area (Å²) in [5.74, 6) is -0.194. The van der Waals surface area contributed by atoms with Crippen LogP contribution in [0.3, 0.4) is 0 Å². The van der Waals surface area contributed by atoms with Crippen molar-refractivity contribution in [2.75, 3.05) is 5.32 Å². The number of hydrogen-bond acceptors (Lipinski definition) is 5. The van der Waals surface area contributed by atoms with E-state index in [9.17, 15) is 8.78 Å². The lowest BCUT2D eigenvalue weighted by atomic mass is 10.2. The van der Waals surface area contributed by atoms with Gasteiger partial charge in [-0.3, -0.25) is 0 Å². The summed E-state index contributed by atoms with van der Waals surface area (Å²) in [5, 5.41) is 28.5. The van der Waals surface area contributed by atoms with Crippen LogP contribution in [0, 0.1) is 34.0 Å². The molecule has 0 amide bonds. The number of rotatable bonds is 4. The number of allylic oxidation sites excluding steroid dienone is 2. The fourth-order valence-corrected chi connectivity index (χ4v) is 1.19. The molecule has 7 heteroatoms. The van der Waals surface area contributed by atoms with Gasteiger partial charge in [-0.15, -0.1) is 0 Å². The minimum atomic E-state index is -3.02. The Balaban J connectivity index is 3.14. The first-order chi connectivity index (χ1) is 9.12. The van der Waals surface area contributed by atoms with Crippen LogP contribution in [0.1, 0.15) is 0 Å². The van der Waals surface area contributed by atoms with Gasteiger partial charge in [-0.1, -0.05) is 12.1 Å². The Labute approximate surface area is 107 Å². The molecule has 94 valence electrons. The van der Waals surface area contributed by atoms with Crippen molar-refractivity contribution in [2.24, 2.45) is 0 Å². The predicted molar refractivity (Wildman–Crippen MR) is 60.6 cm³/mol. The van der Waals surface area contributed by atoms with Crippen LogP contribution in [0.25, 0.3) is 0 Å². The summed E-state index contributed by atoms with van der Waals surface area (Å²) in [6, 6.07) is 10.3. The molecule has 0 saturated carbocycles. The van der Waals surface area contributed by atoms with Gasteiger partial charge in [0.15, 0.2) is 5.57 Å². The monoisotopic (exact) mass is 260 g/mol. The molecule has 0 unspecified atom stereocenters. The summed E-state index contributed by atoms with van der Waals surface area (Å²) in [6.45, 7) is -3.02. The first-order valence-electron chi connectivity index (χ1n) is 4.87. The van der Waals surface area contributed by atoms with Crippen molar-refractivity contribution in [2.45, 2.75) is 6.61 Å². The average Bonchev–Trinajstić information content (AvgIpc) is 2.40. The number of alkyl halides is 2. The molecule has 5 nitrogen and oxygen atoms in total. The fraction of sp³-hybridized carbons (Fsp3) is 0.0833. The highest BCUT2D eigenvalue weighted by molar-refractivity contribution is 5.64. The van der Waals surface area contributed by atoms with Crippen LogP contribution in [-0.2, 0) is 0 Å². The Morgan fingerprint density at radius 3 is 2.26 bits per heavy atom. The van der Waals surface area contributed by atoms with Crippen LogP contribution in [0.4, 0.5) is 14.5 Å². The van der Waals surface area contributed by atoms with E-state index < -0.39 is 12.2 Å². The summed E-state index contributed by atoms with van der Waals surface area (Å²) >= 11 is 0. The number of hydrogen-bond donors (Lipinski definition) is 1. The molecule has 0 aliphatic heterocycles. The number of anilines is 1. The van der Waals surface area contributed by atoms with Crippen LogP contribution in [0.2, 0.25) is 0 Å². The van der Waals surface area contributed by atoms with Gasteiger partial charge in [0.1, 0.15) is 29.7 Å². The lowest BCUT2D eigenvalue weighted by Gasteiger charge is -2.11. The third kappa shape index (κ3) is 3.69. The van der Waals surface area contributed by atoms with Gasteiger partial charge in [0, 0.05) is 0 Å². The van der Waals surface area contributed by atoms with E-state index in [-0.39, 0.29) is 17.1 Å². The molecule has 0 aliphatic carbocycles. The molecular formula is C12H6F2N4O. The Hall–Kier alpha value is -3.11. The molecule has 19 heavy (non-hydrogen) atoms. The van der Waals surface area contributed by atoms with Gasteiger partial charge < -0.3 is 10.1 Å². The average molecular weight is 260 g/mol. The normalized spacial score (nSPS) is 8.84. The van der Waals surface area contributed by atoms with Crippen LogP contribution < -0.4 is 10.1 Å². The van der Waals surface area contributed by atoms with Gasteiger partial charge in [-0.2, -0.15) is 24.6 Å². The largest absolute Gasteiger partial charge is 0.433 e. The van der Waals surface area contributed by atoms with Gasteiger partial charge in [-0.05, 0) is 12.1 Å². The standard InChI is InChI=1S/C12H6F2N4O/c13-12(14)19-11-4-2-1-3-9(11)18-10(7-17)8(5-15)6-16/h1-4,12,18H. The first-order valence-corrected chi connectivity index (χ1v) is 4.87. The summed E-state index contributed by atoms with van der Waals surface area (Å²) in [6.07, 6.45) is 0. The lowest BCUT2D eigenvalue weighted by molar-refractivity contribution is -0.0493. The van der Waals surface area contributed by atoms with Crippen molar-refractivity contribution in [3.63, 3.8) is 0 Å². The molecule has 0 bridgehead atoms. The van der Waals surface area contributed by atoms with Crippen molar-refractivity contribution in [3.05, 3.63) is 35.5 Å². The molecule has 0 fully saturated rings. The number of nitrogens with zero attached hydrogens (tertiary/aromatic N) is 3. The molecule has 1 rings (SSSR count). The molecular weight excluding hydrogens is 254 g/mol. The first kappa shape index (κ1) is 14.0. The van der Waals surface area contributed by atoms with Gasteiger partial charge in [0.25, 0.3) is 0 Å². The molecule has 0 aromatic heterocycles. The SMILES string of the molecule is N#CC(C#N)=C(C#N)Nc1ccccc1OC(F)F. The van der Waals surface area contributed by atoms with Crippen LogP contribution in [-0.4, -0.2) is 6.61 Å². The molecule has 1 N–H and O–H groups in total. The maximum Gasteiger partial charge on any atom is 0.387 e. The zero-order valence-electron chi connectivity index (χ0n) is 9.39. The number of para-hydroxylation sites is 2. The lowest BCUT2D eigenvalue weighted by Crippen LogP contribution is -2.07. The maximum atomic E-state index is 12.2. The Bertz CT molecular complexity index is 604. The highest BCUT2D eigenvalue weighted by Crippen LogP contribution is 2.27. The minimum Gasteiger partial charge on any atom is -0.433 e. The van der Waals surface area contributed by atoms with Crippen LogP contribution in [0.5, 0.6) is 5.75 Å². The molecule has 0 spiro atoms. The second-order valence-corrected chi connectivity index (χ2v) is 3.09. The molecule has 0 saturated heterocycles. The summed E-state index contributed by atoms with van der Waals surface area (Å²) in [5.41, 5.74) is -0.730. The van der Waals surface area contributed by atoms with E-state index in [0.29, 0.717) is 0 Å². The minimum absolute atomic E-state index is 0.0577. The Kier molecular flexibility index (Phi) is 4.83. The number of benzene rings is 1. The smallest absolute Gasteiger partial charge is 0.387 e. The zero-order chi connectivity index (χ0) is 14.3. The molecule has 1 aromatic rings. The van der Waals surface area contributed by atoms with E-state index in [2.05, 4.69) is 10.1 Å². The van der Waals surface area contributed by atoms with E-state index in [4.69, 9.17) is 15.8 Å². The van der Waals surface area contributed by atoms with E-state index in [1.165, 1.54) is 36.4 Å². The van der Waals surface area contributed by atoms with Gasteiger partial charge in [0.2, 0.25) is 0 Å². The van der Waals surface area contributed by atoms with Crippen molar-refractivity contribution in [1.82, 2.24) is 0 Å². The zero-order valence-corrected chi connectivity index (χ0v) is 9.39. The topological polar surface area (TPSA) is 92.6 Å². The fourth-order valence-electron chi connectivity index (χ4n) is 1.19. The second-order valence-electron chi connectivity index (χ2n) is 3.09. The summed E-state index contributed by atoms with van der Waals surface area (Å²) < 4.78 is 28.6. The van der Waals surface area contributed by atoms with E-state index in [1.54, 1.807) is 6.07 Å². The summed E-state index contributed by atoms with van der Waals surface area (Å²) in [4.78, 5) is 0. The maximum absolute atomic E-state index is 12.2. The van der Waals surface area contributed by atoms with Crippen molar-refractivity contribution >= 4 is 5.69 Å². The molecule has 0 radical (unpaired) electrons. The van der Waals surface area contributed by atoms with Crippen molar-refractivity contribution in [1.29, 1.82) is 15.8 Å².